The van der Waals surface area contributed by atoms with Gasteiger partial charge in [-0.15, -0.1) is 0 Å². The Morgan fingerprint density at radius 2 is 2.00 bits per heavy atom. The number of carbonyl (C=O) groups excluding carboxylic acids is 1. The number of anilines is 1. The van der Waals surface area contributed by atoms with Gasteiger partial charge in [-0.1, -0.05) is 12.1 Å². The van der Waals surface area contributed by atoms with Crippen LogP contribution in [0.5, 0.6) is 0 Å². The molecule has 0 unspecified atom stereocenters. The molecular weight excluding hydrogens is 369 g/mol. The number of rotatable bonds is 5. The average Bonchev–Trinajstić information content (AvgIpc) is 3.07. The lowest BCUT2D eigenvalue weighted by molar-refractivity contribution is -0.114. The lowest BCUT2D eigenvalue weighted by Crippen LogP contribution is -2.07. The van der Waals surface area contributed by atoms with Crippen LogP contribution in [0.4, 0.5) is 10.2 Å². The fourth-order valence-electron chi connectivity index (χ4n) is 3.28. The van der Waals surface area contributed by atoms with Crippen molar-refractivity contribution in [2.45, 2.75) is 26.7 Å². The largest absolute Gasteiger partial charge is 0.359 e. The molecule has 146 valence electrons. The number of nitrogens with zero attached hydrogens (tertiary/aromatic N) is 3. The van der Waals surface area contributed by atoms with E-state index in [0.29, 0.717) is 35.4 Å². The monoisotopic (exact) mass is 389 g/mol. The van der Waals surface area contributed by atoms with Crippen LogP contribution in [0.15, 0.2) is 48.8 Å². The smallest absolute Gasteiger partial charge is 0.222 e. The van der Waals surface area contributed by atoms with E-state index in [1.807, 2.05) is 25.1 Å². The molecule has 1 amide bonds. The number of aromatic nitrogens is 4. The zero-order valence-electron chi connectivity index (χ0n) is 16.2. The molecule has 0 bridgehead atoms. The molecule has 0 aliphatic heterocycles. The minimum absolute atomic E-state index is 0.165. The molecule has 0 spiro atoms. The van der Waals surface area contributed by atoms with Gasteiger partial charge in [0.25, 0.3) is 0 Å². The molecule has 3 heterocycles. The maximum Gasteiger partial charge on any atom is 0.222 e. The molecule has 2 N–H and O–H groups in total. The van der Waals surface area contributed by atoms with Gasteiger partial charge < -0.3 is 10.3 Å². The van der Waals surface area contributed by atoms with Crippen molar-refractivity contribution in [3.63, 3.8) is 0 Å². The molecule has 0 atom stereocenters. The predicted octanol–water partition coefficient (Wildman–Crippen LogP) is 3.94. The van der Waals surface area contributed by atoms with Crippen molar-refractivity contribution in [1.82, 2.24) is 19.9 Å². The molecular formula is C22H20FN5O. The Hall–Kier alpha value is -3.61. The van der Waals surface area contributed by atoms with Gasteiger partial charge in [-0.2, -0.15) is 0 Å². The Bertz CT molecular complexity index is 1180. The number of carbonyl (C=O) groups is 1. The summed E-state index contributed by atoms with van der Waals surface area (Å²) in [6.07, 6.45) is 4.26. The summed E-state index contributed by atoms with van der Waals surface area (Å²) in [5.74, 6) is 0.753. The van der Waals surface area contributed by atoms with E-state index in [-0.39, 0.29) is 11.7 Å². The molecule has 7 heteroatoms. The van der Waals surface area contributed by atoms with E-state index < -0.39 is 0 Å². The molecule has 4 aromatic rings. The molecule has 1 aromatic carbocycles. The molecule has 0 aliphatic carbocycles. The van der Waals surface area contributed by atoms with Gasteiger partial charge in [0.05, 0.1) is 0 Å². The number of hydrogen-bond acceptors (Lipinski definition) is 4. The van der Waals surface area contributed by atoms with Gasteiger partial charge in [0.2, 0.25) is 5.91 Å². The summed E-state index contributed by atoms with van der Waals surface area (Å²) in [4.78, 5) is 27.3. The normalized spacial score (nSPS) is 11.0. The minimum atomic E-state index is -0.218. The number of aromatic amines is 1. The lowest BCUT2D eigenvalue weighted by Gasteiger charge is -2.07. The number of fused-ring (bicyclic) bond motifs is 1. The van der Waals surface area contributed by atoms with Crippen LogP contribution >= 0.6 is 0 Å². The number of hydrogen-bond donors (Lipinski definition) is 2. The third-order valence-corrected chi connectivity index (χ3v) is 4.58. The number of H-pyrrole nitrogens is 1. The van der Waals surface area contributed by atoms with E-state index in [1.54, 1.807) is 30.6 Å². The first-order valence-corrected chi connectivity index (χ1v) is 9.28. The second kappa shape index (κ2) is 7.79. The van der Waals surface area contributed by atoms with Crippen LogP contribution in [0.25, 0.3) is 10.9 Å². The number of amides is 1. The standard InChI is InChI=1S/C22H20FN5O/c1-13-9-18-19(26-13)5-4-16(22(18)23)11-17-7-8-24-21(28-17)10-15-3-6-20(25-12-15)27-14(2)29/h3-9,12,26H,10-11H2,1-2H3,(H,25,27,29). The molecule has 0 aliphatic rings. The van der Waals surface area contributed by atoms with Gasteiger partial charge in [0, 0.05) is 54.4 Å². The van der Waals surface area contributed by atoms with Gasteiger partial charge in [-0.3, -0.25) is 4.79 Å². The lowest BCUT2D eigenvalue weighted by atomic mass is 10.1. The first-order valence-electron chi connectivity index (χ1n) is 9.28. The minimum Gasteiger partial charge on any atom is -0.359 e. The van der Waals surface area contributed by atoms with E-state index in [9.17, 15) is 9.18 Å². The summed E-state index contributed by atoms with van der Waals surface area (Å²) >= 11 is 0. The highest BCUT2D eigenvalue weighted by Crippen LogP contribution is 2.23. The van der Waals surface area contributed by atoms with Crippen molar-refractivity contribution in [1.29, 1.82) is 0 Å². The van der Waals surface area contributed by atoms with E-state index in [2.05, 4.69) is 25.3 Å². The van der Waals surface area contributed by atoms with Crippen LogP contribution in [0.3, 0.4) is 0 Å². The molecule has 0 saturated carbocycles. The van der Waals surface area contributed by atoms with E-state index in [4.69, 9.17) is 0 Å². The summed E-state index contributed by atoms with van der Waals surface area (Å²) < 4.78 is 14.8. The Kier molecular flexibility index (Phi) is 5.03. The van der Waals surface area contributed by atoms with Crippen molar-refractivity contribution in [2.24, 2.45) is 0 Å². The van der Waals surface area contributed by atoms with Crippen molar-refractivity contribution in [3.05, 3.63) is 82.9 Å². The first-order chi connectivity index (χ1) is 14.0. The fraction of sp³-hybridized carbons (Fsp3) is 0.182. The van der Waals surface area contributed by atoms with Crippen LogP contribution in [0.1, 0.15) is 35.3 Å². The van der Waals surface area contributed by atoms with Crippen molar-refractivity contribution in [3.8, 4) is 0 Å². The van der Waals surface area contributed by atoms with Crippen LogP contribution in [-0.4, -0.2) is 25.8 Å². The zero-order chi connectivity index (χ0) is 20.4. The molecule has 3 aromatic heterocycles. The highest BCUT2D eigenvalue weighted by Gasteiger charge is 2.11. The highest BCUT2D eigenvalue weighted by molar-refractivity contribution is 5.87. The average molecular weight is 389 g/mol. The molecule has 0 fully saturated rings. The van der Waals surface area contributed by atoms with Gasteiger partial charge in [0.15, 0.2) is 0 Å². The van der Waals surface area contributed by atoms with Gasteiger partial charge in [0.1, 0.15) is 17.5 Å². The van der Waals surface area contributed by atoms with Crippen LogP contribution < -0.4 is 5.32 Å². The number of benzene rings is 1. The number of nitrogens with one attached hydrogen (secondary N) is 2. The first kappa shape index (κ1) is 18.7. The molecule has 0 radical (unpaired) electrons. The Balaban J connectivity index is 1.52. The second-order valence-corrected chi connectivity index (χ2v) is 7.00. The zero-order valence-corrected chi connectivity index (χ0v) is 16.2. The quantitative estimate of drug-likeness (QED) is 0.542. The highest BCUT2D eigenvalue weighted by atomic mass is 19.1. The molecule has 4 rings (SSSR count). The van der Waals surface area contributed by atoms with Crippen molar-refractivity contribution < 1.29 is 9.18 Å². The Morgan fingerprint density at radius 3 is 2.76 bits per heavy atom. The van der Waals surface area contributed by atoms with Gasteiger partial charge in [-0.05, 0) is 42.3 Å². The topological polar surface area (TPSA) is 83.6 Å². The summed E-state index contributed by atoms with van der Waals surface area (Å²) in [7, 11) is 0. The summed E-state index contributed by atoms with van der Waals surface area (Å²) in [5.41, 5.74) is 4.00. The molecule has 6 nitrogen and oxygen atoms in total. The third-order valence-electron chi connectivity index (χ3n) is 4.58. The van der Waals surface area contributed by atoms with Crippen LogP contribution in [0.2, 0.25) is 0 Å². The van der Waals surface area contributed by atoms with Gasteiger partial charge >= 0.3 is 0 Å². The number of halogens is 1. The molecule has 0 saturated heterocycles. The number of pyridine rings is 1. The van der Waals surface area contributed by atoms with Crippen molar-refractivity contribution in [2.75, 3.05) is 5.32 Å². The van der Waals surface area contributed by atoms with Gasteiger partial charge in [-0.25, -0.2) is 19.3 Å². The fourth-order valence-corrected chi connectivity index (χ4v) is 3.28. The number of aryl methyl sites for hydroxylation is 1. The van der Waals surface area contributed by atoms with Crippen LogP contribution in [0, 0.1) is 12.7 Å². The maximum absolute atomic E-state index is 14.8. The summed E-state index contributed by atoms with van der Waals surface area (Å²) in [6.45, 7) is 3.35. The molecule has 29 heavy (non-hydrogen) atoms. The van der Waals surface area contributed by atoms with E-state index in [0.717, 1.165) is 22.5 Å². The van der Waals surface area contributed by atoms with Crippen molar-refractivity contribution >= 4 is 22.6 Å². The SMILES string of the molecule is CC(=O)Nc1ccc(Cc2nccc(Cc3ccc4[nH]c(C)cc4c3F)n2)cn1. The second-order valence-electron chi connectivity index (χ2n) is 7.00. The Labute approximate surface area is 167 Å². The summed E-state index contributed by atoms with van der Waals surface area (Å²) in [6, 6.07) is 10.9. The third kappa shape index (κ3) is 4.29. The summed E-state index contributed by atoms with van der Waals surface area (Å²) in [5, 5.41) is 3.23. The van der Waals surface area contributed by atoms with E-state index in [1.165, 1.54) is 6.92 Å². The predicted molar refractivity (Wildman–Crippen MR) is 109 cm³/mol. The maximum atomic E-state index is 14.8. The van der Waals surface area contributed by atoms with Crippen LogP contribution in [-0.2, 0) is 17.6 Å². The van der Waals surface area contributed by atoms with E-state index >= 15 is 0 Å². The Morgan fingerprint density at radius 1 is 1.14 bits per heavy atom.